The zero-order valence-electron chi connectivity index (χ0n) is 15.9. The van der Waals surface area contributed by atoms with Crippen LogP contribution in [0.5, 0.6) is 11.5 Å². The second-order valence-electron chi connectivity index (χ2n) is 6.81. The van der Waals surface area contributed by atoms with Crippen molar-refractivity contribution in [2.24, 2.45) is 0 Å². The van der Waals surface area contributed by atoms with Crippen LogP contribution in [0.2, 0.25) is 0 Å². The number of carbonyl (C=O) groups excluding carboxylic acids is 1. The lowest BCUT2D eigenvalue weighted by Gasteiger charge is -2.26. The predicted octanol–water partition coefficient (Wildman–Crippen LogP) is 3.14. The van der Waals surface area contributed by atoms with Gasteiger partial charge in [0.2, 0.25) is 10.0 Å². The maximum absolute atomic E-state index is 13.1. The number of hydrogen-bond acceptors (Lipinski definition) is 5. The highest BCUT2D eigenvalue weighted by Gasteiger charge is 2.29. The van der Waals surface area contributed by atoms with Gasteiger partial charge < -0.3 is 15.2 Å². The van der Waals surface area contributed by atoms with Gasteiger partial charge >= 0.3 is 0 Å². The molecule has 0 aliphatic carbocycles. The number of hydrogen-bond donors (Lipinski definition) is 2. The molecule has 2 aromatic carbocycles. The fraction of sp³-hybridized carbons (Fsp3) is 0.350. The molecule has 0 bridgehead atoms. The highest BCUT2D eigenvalue weighted by Crippen LogP contribution is 2.30. The van der Waals surface area contributed by atoms with Crippen molar-refractivity contribution >= 4 is 21.6 Å². The first kappa shape index (κ1) is 20.2. The maximum Gasteiger partial charge on any atom is 0.255 e. The SMILES string of the molecule is COc1ccc(C(=O)Nc2cc(C)ccc2O)cc1S(=O)(=O)N1CCCCC1. The number of ether oxygens (including phenoxy) is 1. The van der Waals surface area contributed by atoms with Crippen LogP contribution in [-0.2, 0) is 10.0 Å². The Labute approximate surface area is 165 Å². The van der Waals surface area contributed by atoms with Crippen LogP contribution in [0.3, 0.4) is 0 Å². The number of nitrogens with one attached hydrogen (secondary N) is 1. The molecule has 3 rings (SSSR count). The molecular weight excluding hydrogens is 380 g/mol. The normalized spacial score (nSPS) is 15.2. The summed E-state index contributed by atoms with van der Waals surface area (Å²) in [5.74, 6) is -0.382. The minimum Gasteiger partial charge on any atom is -0.506 e. The Morgan fingerprint density at radius 1 is 1.11 bits per heavy atom. The molecule has 1 heterocycles. The van der Waals surface area contributed by atoms with Crippen LogP contribution in [0, 0.1) is 6.92 Å². The van der Waals surface area contributed by atoms with E-state index in [2.05, 4.69) is 5.32 Å². The van der Waals surface area contributed by atoms with Gasteiger partial charge in [0.1, 0.15) is 16.4 Å². The van der Waals surface area contributed by atoms with Crippen molar-refractivity contribution in [1.82, 2.24) is 4.31 Å². The van der Waals surface area contributed by atoms with E-state index >= 15 is 0 Å². The highest BCUT2D eigenvalue weighted by atomic mass is 32.2. The average molecular weight is 404 g/mol. The summed E-state index contributed by atoms with van der Waals surface area (Å²) in [6.07, 6.45) is 2.63. The van der Waals surface area contributed by atoms with Crippen molar-refractivity contribution in [2.75, 3.05) is 25.5 Å². The Balaban J connectivity index is 1.94. The van der Waals surface area contributed by atoms with Crippen LogP contribution >= 0.6 is 0 Å². The van der Waals surface area contributed by atoms with Crippen LogP contribution in [0.4, 0.5) is 5.69 Å². The molecule has 7 nitrogen and oxygen atoms in total. The molecule has 2 aromatic rings. The summed E-state index contributed by atoms with van der Waals surface area (Å²) >= 11 is 0. The standard InChI is InChI=1S/C20H24N2O5S/c1-14-6-8-17(23)16(12-14)21-20(24)15-7-9-18(27-2)19(13-15)28(25,26)22-10-4-3-5-11-22/h6-9,12-13,23H,3-5,10-11H2,1-2H3,(H,21,24). The number of piperidine rings is 1. The molecule has 0 atom stereocenters. The van der Waals surface area contributed by atoms with Crippen LogP contribution < -0.4 is 10.1 Å². The molecule has 0 saturated carbocycles. The molecule has 0 spiro atoms. The van der Waals surface area contributed by atoms with Crippen LogP contribution in [0.1, 0.15) is 35.2 Å². The maximum atomic E-state index is 13.1. The van der Waals surface area contributed by atoms with Gasteiger partial charge in [-0.05, 0) is 55.7 Å². The second-order valence-corrected chi connectivity index (χ2v) is 8.71. The molecule has 0 aromatic heterocycles. The average Bonchev–Trinajstić information content (AvgIpc) is 2.70. The van der Waals surface area contributed by atoms with Crippen molar-refractivity contribution in [3.8, 4) is 11.5 Å². The molecule has 1 aliphatic heterocycles. The van der Waals surface area contributed by atoms with Gasteiger partial charge in [-0.1, -0.05) is 12.5 Å². The number of rotatable bonds is 5. The molecule has 1 aliphatic rings. The van der Waals surface area contributed by atoms with E-state index in [1.165, 1.54) is 35.7 Å². The largest absolute Gasteiger partial charge is 0.506 e. The van der Waals surface area contributed by atoms with Crippen molar-refractivity contribution in [1.29, 1.82) is 0 Å². The Bertz CT molecular complexity index is 982. The smallest absolute Gasteiger partial charge is 0.255 e. The molecule has 0 unspecified atom stereocenters. The van der Waals surface area contributed by atoms with E-state index in [1.54, 1.807) is 12.1 Å². The first-order valence-corrected chi connectivity index (χ1v) is 10.6. The van der Waals surface area contributed by atoms with Crippen LogP contribution in [0.25, 0.3) is 0 Å². The second kappa shape index (κ2) is 8.20. The van der Waals surface area contributed by atoms with Gasteiger partial charge in [0.15, 0.2) is 0 Å². The molecule has 150 valence electrons. The van der Waals surface area contributed by atoms with Gasteiger partial charge in [0.25, 0.3) is 5.91 Å². The third kappa shape index (κ3) is 4.13. The van der Waals surface area contributed by atoms with Crippen molar-refractivity contribution < 1.29 is 23.1 Å². The Kier molecular flexibility index (Phi) is 5.90. The van der Waals surface area contributed by atoms with E-state index in [0.717, 1.165) is 24.8 Å². The van der Waals surface area contributed by atoms with E-state index in [0.29, 0.717) is 13.1 Å². The number of benzene rings is 2. The van der Waals surface area contributed by atoms with E-state index in [4.69, 9.17) is 4.74 Å². The number of phenols is 1. The molecule has 1 amide bonds. The van der Waals surface area contributed by atoms with E-state index in [9.17, 15) is 18.3 Å². The number of aryl methyl sites for hydroxylation is 1. The third-order valence-corrected chi connectivity index (χ3v) is 6.68. The van der Waals surface area contributed by atoms with Crippen molar-refractivity contribution in [2.45, 2.75) is 31.1 Å². The van der Waals surface area contributed by atoms with Gasteiger partial charge in [-0.3, -0.25) is 4.79 Å². The summed E-state index contributed by atoms with van der Waals surface area (Å²) in [6, 6.07) is 9.15. The first-order valence-electron chi connectivity index (χ1n) is 9.12. The lowest BCUT2D eigenvalue weighted by molar-refractivity contribution is 0.102. The van der Waals surface area contributed by atoms with E-state index in [1.807, 2.05) is 6.92 Å². The van der Waals surface area contributed by atoms with Crippen molar-refractivity contribution in [3.05, 3.63) is 47.5 Å². The van der Waals surface area contributed by atoms with Gasteiger partial charge in [-0.2, -0.15) is 4.31 Å². The lowest BCUT2D eigenvalue weighted by atomic mass is 10.1. The van der Waals surface area contributed by atoms with E-state index in [-0.39, 0.29) is 27.6 Å². The number of methoxy groups -OCH3 is 1. The molecular formula is C20H24N2O5S. The number of aromatic hydroxyl groups is 1. The number of carbonyl (C=O) groups is 1. The van der Waals surface area contributed by atoms with Gasteiger partial charge in [0, 0.05) is 18.7 Å². The number of phenolic OH excluding ortho intramolecular Hbond substituents is 1. The summed E-state index contributed by atoms with van der Waals surface area (Å²) in [5, 5.41) is 12.6. The molecule has 1 fully saturated rings. The zero-order chi connectivity index (χ0) is 20.3. The Morgan fingerprint density at radius 3 is 2.50 bits per heavy atom. The number of amides is 1. The minimum absolute atomic E-state index is 0.0296. The number of sulfonamides is 1. The van der Waals surface area contributed by atoms with Crippen molar-refractivity contribution in [3.63, 3.8) is 0 Å². The van der Waals surface area contributed by atoms with Gasteiger partial charge in [0.05, 0.1) is 12.8 Å². The molecule has 28 heavy (non-hydrogen) atoms. The molecule has 2 N–H and O–H groups in total. The monoisotopic (exact) mass is 404 g/mol. The fourth-order valence-electron chi connectivity index (χ4n) is 3.21. The summed E-state index contributed by atoms with van der Waals surface area (Å²) in [4.78, 5) is 12.6. The summed E-state index contributed by atoms with van der Waals surface area (Å²) in [5.41, 5.74) is 1.30. The Hall–Kier alpha value is -2.58. The Morgan fingerprint density at radius 2 is 1.82 bits per heavy atom. The quantitative estimate of drug-likeness (QED) is 0.747. The van der Waals surface area contributed by atoms with Gasteiger partial charge in [-0.15, -0.1) is 0 Å². The zero-order valence-corrected chi connectivity index (χ0v) is 16.8. The van der Waals surface area contributed by atoms with E-state index < -0.39 is 15.9 Å². The number of anilines is 1. The minimum atomic E-state index is -3.77. The highest BCUT2D eigenvalue weighted by molar-refractivity contribution is 7.89. The molecule has 0 radical (unpaired) electrons. The van der Waals surface area contributed by atoms with Gasteiger partial charge in [-0.25, -0.2) is 8.42 Å². The summed E-state index contributed by atoms with van der Waals surface area (Å²) in [6.45, 7) is 2.75. The number of nitrogens with zero attached hydrogens (tertiary/aromatic N) is 1. The summed E-state index contributed by atoms with van der Waals surface area (Å²) in [7, 11) is -2.37. The first-order chi connectivity index (χ1) is 13.3. The fourth-order valence-corrected chi connectivity index (χ4v) is 4.91. The lowest BCUT2D eigenvalue weighted by Crippen LogP contribution is -2.35. The topological polar surface area (TPSA) is 95.9 Å². The summed E-state index contributed by atoms with van der Waals surface area (Å²) < 4.78 is 32.8. The third-order valence-electron chi connectivity index (χ3n) is 4.76. The molecule has 8 heteroatoms. The van der Waals surface area contributed by atoms with Crippen LogP contribution in [0.15, 0.2) is 41.3 Å². The predicted molar refractivity (Wildman–Crippen MR) is 106 cm³/mol. The van der Waals surface area contributed by atoms with Crippen LogP contribution in [-0.4, -0.2) is 43.9 Å². The molecule has 1 saturated heterocycles.